The minimum absolute atomic E-state index is 0.0678. The van der Waals surface area contributed by atoms with Crippen LogP contribution in [0.25, 0.3) is 0 Å². The summed E-state index contributed by atoms with van der Waals surface area (Å²) in [4.78, 5) is 26.9. The zero-order valence-electron chi connectivity index (χ0n) is 19.4. The summed E-state index contributed by atoms with van der Waals surface area (Å²) in [6.07, 6.45) is 5.67. The Kier molecular flexibility index (Phi) is 7.89. The van der Waals surface area contributed by atoms with E-state index in [1.165, 1.54) is 19.3 Å². The number of ketones is 2. The van der Waals surface area contributed by atoms with Gasteiger partial charge in [0.15, 0.2) is 11.6 Å². The number of carbonyl (C=O) groups is 2. The summed E-state index contributed by atoms with van der Waals surface area (Å²) in [6.45, 7) is 10.4. The molecule has 166 valence electrons. The second-order valence-corrected chi connectivity index (χ2v) is 9.02. The van der Waals surface area contributed by atoms with E-state index in [1.807, 2.05) is 24.3 Å². The normalized spacial score (nSPS) is 13.7. The average Bonchev–Trinajstić information content (AvgIpc) is 2.77. The van der Waals surface area contributed by atoms with E-state index in [2.05, 4.69) is 38.3 Å². The smallest absolute Gasteiger partial charge is 0.196 e. The van der Waals surface area contributed by atoms with E-state index >= 15 is 0 Å². The molecule has 0 spiro atoms. The average molecular weight is 421 g/mol. The molecule has 4 nitrogen and oxygen atoms in total. The molecular weight excluding hydrogens is 384 g/mol. The quantitative estimate of drug-likeness (QED) is 0.369. The lowest BCUT2D eigenvalue weighted by molar-refractivity contribution is 0.0980. The molecule has 4 heteroatoms. The Morgan fingerprint density at radius 1 is 0.806 bits per heavy atom. The molecule has 1 aliphatic carbocycles. The highest BCUT2D eigenvalue weighted by Gasteiger charge is 2.33. The van der Waals surface area contributed by atoms with Gasteiger partial charge in [0, 0.05) is 35.6 Å². The van der Waals surface area contributed by atoms with Crippen LogP contribution in [0.15, 0.2) is 36.4 Å². The molecule has 0 radical (unpaired) electrons. The number of fused-ring (bicyclic) bond motifs is 2. The molecule has 2 N–H and O–H groups in total. The van der Waals surface area contributed by atoms with Gasteiger partial charge in [-0.05, 0) is 36.8 Å². The molecule has 3 rings (SSSR count). The molecule has 0 saturated carbocycles. The Balaban J connectivity index is 1.96. The molecule has 1 atom stereocenters. The maximum atomic E-state index is 13.5. The first kappa shape index (κ1) is 23.1. The Bertz CT molecular complexity index is 933. The van der Waals surface area contributed by atoms with Crippen LogP contribution in [-0.4, -0.2) is 24.7 Å². The van der Waals surface area contributed by atoms with Crippen molar-refractivity contribution in [1.82, 2.24) is 0 Å². The Morgan fingerprint density at radius 2 is 1.39 bits per heavy atom. The van der Waals surface area contributed by atoms with E-state index in [4.69, 9.17) is 0 Å². The van der Waals surface area contributed by atoms with Gasteiger partial charge in [-0.3, -0.25) is 9.59 Å². The number of benzene rings is 2. The highest BCUT2D eigenvalue weighted by atomic mass is 16.1. The van der Waals surface area contributed by atoms with Crippen LogP contribution < -0.4 is 10.6 Å². The van der Waals surface area contributed by atoms with Crippen LogP contribution in [0.5, 0.6) is 0 Å². The SMILES string of the molecule is CCCC[C@H](CC)CNc1ccc(NCCC(C)C)c2c1C(=O)c1ccccc1C2=O. The number of hydrogen-bond donors (Lipinski definition) is 2. The molecule has 31 heavy (non-hydrogen) atoms. The van der Waals surface area contributed by atoms with Gasteiger partial charge in [0.2, 0.25) is 0 Å². The predicted octanol–water partition coefficient (Wildman–Crippen LogP) is 6.55. The number of anilines is 2. The van der Waals surface area contributed by atoms with Crippen molar-refractivity contribution in [3.63, 3.8) is 0 Å². The van der Waals surface area contributed by atoms with Gasteiger partial charge in [0.25, 0.3) is 0 Å². The zero-order valence-corrected chi connectivity index (χ0v) is 19.4. The summed E-state index contributed by atoms with van der Waals surface area (Å²) in [6, 6.07) is 11.1. The van der Waals surface area contributed by atoms with E-state index in [0.717, 1.165) is 37.3 Å². The van der Waals surface area contributed by atoms with Gasteiger partial charge in [-0.25, -0.2) is 0 Å². The van der Waals surface area contributed by atoms with Crippen LogP contribution >= 0.6 is 0 Å². The standard InChI is InChI=1S/C27H36N2O2/c1-5-7-10-19(6-2)17-29-23-14-13-22(28-16-15-18(3)4)24-25(23)27(31)21-12-9-8-11-20(21)26(24)30/h8-9,11-14,18-19,28-29H,5-7,10,15-17H2,1-4H3/t19-/m0/s1. The molecule has 0 unspecified atom stereocenters. The maximum Gasteiger partial charge on any atom is 0.196 e. The highest BCUT2D eigenvalue weighted by molar-refractivity contribution is 6.31. The largest absolute Gasteiger partial charge is 0.384 e. The molecule has 0 aliphatic heterocycles. The van der Waals surface area contributed by atoms with Crippen LogP contribution in [0.2, 0.25) is 0 Å². The number of hydrogen-bond acceptors (Lipinski definition) is 4. The zero-order chi connectivity index (χ0) is 22.4. The van der Waals surface area contributed by atoms with Crippen LogP contribution in [0.1, 0.15) is 91.6 Å². The summed E-state index contributed by atoms with van der Waals surface area (Å²) in [5, 5.41) is 6.93. The van der Waals surface area contributed by atoms with Gasteiger partial charge in [0.05, 0.1) is 11.1 Å². The van der Waals surface area contributed by atoms with Crippen LogP contribution in [-0.2, 0) is 0 Å². The van der Waals surface area contributed by atoms with Gasteiger partial charge in [-0.1, -0.05) is 71.2 Å². The molecule has 0 aromatic heterocycles. The first-order chi connectivity index (χ1) is 15.0. The third-order valence-electron chi connectivity index (χ3n) is 6.24. The summed E-state index contributed by atoms with van der Waals surface area (Å²) < 4.78 is 0. The van der Waals surface area contributed by atoms with Gasteiger partial charge in [0.1, 0.15) is 0 Å². The van der Waals surface area contributed by atoms with Crippen LogP contribution in [0.3, 0.4) is 0 Å². The van der Waals surface area contributed by atoms with Crippen molar-refractivity contribution in [3.05, 3.63) is 58.7 Å². The maximum absolute atomic E-state index is 13.5. The summed E-state index contributed by atoms with van der Waals surface area (Å²) in [7, 11) is 0. The Hall–Kier alpha value is -2.62. The van der Waals surface area contributed by atoms with E-state index in [9.17, 15) is 9.59 Å². The molecule has 0 saturated heterocycles. The molecule has 1 aliphatic rings. The van der Waals surface area contributed by atoms with Crippen molar-refractivity contribution >= 4 is 22.9 Å². The van der Waals surface area contributed by atoms with E-state index in [1.54, 1.807) is 12.1 Å². The fourth-order valence-corrected chi connectivity index (χ4v) is 4.21. The molecule has 0 bridgehead atoms. The summed E-state index contributed by atoms with van der Waals surface area (Å²) >= 11 is 0. The fourth-order valence-electron chi connectivity index (χ4n) is 4.21. The Morgan fingerprint density at radius 3 is 1.90 bits per heavy atom. The minimum Gasteiger partial charge on any atom is -0.384 e. The second kappa shape index (κ2) is 10.6. The minimum atomic E-state index is -0.0704. The van der Waals surface area contributed by atoms with Crippen molar-refractivity contribution in [2.24, 2.45) is 11.8 Å². The van der Waals surface area contributed by atoms with Crippen molar-refractivity contribution in [3.8, 4) is 0 Å². The van der Waals surface area contributed by atoms with Crippen molar-refractivity contribution in [2.45, 2.75) is 59.8 Å². The molecule has 2 aromatic carbocycles. The summed E-state index contributed by atoms with van der Waals surface area (Å²) in [5.74, 6) is 0.985. The fraction of sp³-hybridized carbons (Fsp3) is 0.481. The van der Waals surface area contributed by atoms with Gasteiger partial charge in [-0.2, -0.15) is 0 Å². The van der Waals surface area contributed by atoms with Gasteiger partial charge < -0.3 is 10.6 Å². The van der Waals surface area contributed by atoms with Gasteiger partial charge in [-0.15, -0.1) is 0 Å². The second-order valence-electron chi connectivity index (χ2n) is 9.02. The third-order valence-corrected chi connectivity index (χ3v) is 6.24. The van der Waals surface area contributed by atoms with E-state index in [-0.39, 0.29) is 11.6 Å². The number of rotatable bonds is 11. The van der Waals surface area contributed by atoms with Gasteiger partial charge >= 0.3 is 0 Å². The molecule has 0 heterocycles. The van der Waals surface area contributed by atoms with Crippen LogP contribution in [0, 0.1) is 11.8 Å². The lowest BCUT2D eigenvalue weighted by Gasteiger charge is -2.25. The highest BCUT2D eigenvalue weighted by Crippen LogP contribution is 2.36. The van der Waals surface area contributed by atoms with Crippen molar-refractivity contribution < 1.29 is 9.59 Å². The van der Waals surface area contributed by atoms with E-state index in [0.29, 0.717) is 34.1 Å². The Labute approximate surface area is 186 Å². The lowest BCUT2D eigenvalue weighted by Crippen LogP contribution is -2.25. The first-order valence-electron chi connectivity index (χ1n) is 11.8. The van der Waals surface area contributed by atoms with Crippen molar-refractivity contribution in [1.29, 1.82) is 0 Å². The number of carbonyl (C=O) groups excluding carboxylic acids is 2. The summed E-state index contributed by atoms with van der Waals surface area (Å²) in [5.41, 5.74) is 3.56. The number of nitrogens with one attached hydrogen (secondary N) is 2. The van der Waals surface area contributed by atoms with Crippen molar-refractivity contribution in [2.75, 3.05) is 23.7 Å². The molecule has 2 aromatic rings. The number of unbranched alkanes of at least 4 members (excludes halogenated alkanes) is 1. The molecule has 0 amide bonds. The topological polar surface area (TPSA) is 58.2 Å². The molecule has 0 fully saturated rings. The monoisotopic (exact) mass is 420 g/mol. The third kappa shape index (κ3) is 5.17. The lowest BCUT2D eigenvalue weighted by atomic mass is 9.82. The van der Waals surface area contributed by atoms with Crippen LogP contribution in [0.4, 0.5) is 11.4 Å². The molecular formula is C27H36N2O2. The van der Waals surface area contributed by atoms with E-state index < -0.39 is 0 Å². The first-order valence-corrected chi connectivity index (χ1v) is 11.8. The predicted molar refractivity (Wildman–Crippen MR) is 129 cm³/mol.